The molecule has 0 spiro atoms. The third-order valence-electron chi connectivity index (χ3n) is 6.28. The molecule has 0 aliphatic carbocycles. The second-order valence-electron chi connectivity index (χ2n) is 8.33. The van der Waals surface area contributed by atoms with E-state index in [-0.39, 0.29) is 18.2 Å². The molecule has 0 saturated heterocycles. The molecule has 2 heterocycles. The molecule has 0 aromatic heterocycles. The van der Waals surface area contributed by atoms with E-state index in [1.54, 1.807) is 7.11 Å². The molecule has 7 heteroatoms. The minimum atomic E-state index is -0.987. The fraction of sp³-hybridized carbons (Fsp3) is 0.400. The van der Waals surface area contributed by atoms with Crippen LogP contribution in [0.15, 0.2) is 36.4 Å². The number of unbranched alkanes of at least 4 members (excludes halogenated alkanes) is 1. The number of benzene rings is 2. The summed E-state index contributed by atoms with van der Waals surface area (Å²) in [6, 6.07) is 11.2. The van der Waals surface area contributed by atoms with Gasteiger partial charge >= 0.3 is 6.09 Å². The summed E-state index contributed by atoms with van der Waals surface area (Å²) in [5.41, 5.74) is 4.72. The first-order valence-corrected chi connectivity index (χ1v) is 11.1. The van der Waals surface area contributed by atoms with Gasteiger partial charge in [-0.2, -0.15) is 0 Å². The first-order valence-electron chi connectivity index (χ1n) is 11.1. The van der Waals surface area contributed by atoms with E-state index >= 15 is 0 Å². The Bertz CT molecular complexity index is 1050. The number of para-hydroxylation sites is 1. The molecular formula is C25H28N2O5. The van der Waals surface area contributed by atoms with Crippen LogP contribution in [0, 0.1) is 0 Å². The van der Waals surface area contributed by atoms with Gasteiger partial charge in [-0.3, -0.25) is 9.59 Å². The van der Waals surface area contributed by atoms with Crippen LogP contribution in [-0.2, 0) is 24.2 Å². The topological polar surface area (TPSA) is 87.2 Å². The Labute approximate surface area is 187 Å². The molecule has 0 bridgehead atoms. The highest BCUT2D eigenvalue weighted by molar-refractivity contribution is 6.02. The number of Topliss-reactive ketones (excluding diaryl/α,β-unsaturated/α-hetero) is 1. The first kappa shape index (κ1) is 21.9. The van der Waals surface area contributed by atoms with Gasteiger partial charge < -0.3 is 19.6 Å². The predicted molar refractivity (Wildman–Crippen MR) is 120 cm³/mol. The van der Waals surface area contributed by atoms with E-state index in [2.05, 4.69) is 0 Å². The molecule has 7 nitrogen and oxygen atoms in total. The zero-order chi connectivity index (χ0) is 22.7. The second-order valence-corrected chi connectivity index (χ2v) is 8.33. The summed E-state index contributed by atoms with van der Waals surface area (Å²) in [7, 11) is 1.57. The quantitative estimate of drug-likeness (QED) is 0.473. The summed E-state index contributed by atoms with van der Waals surface area (Å²) in [5, 5.41) is 9.57. The number of carboxylic acid groups (broad SMARTS) is 1. The van der Waals surface area contributed by atoms with Crippen LogP contribution in [0.25, 0.3) is 0 Å². The zero-order valence-electron chi connectivity index (χ0n) is 18.3. The Kier molecular flexibility index (Phi) is 6.44. The molecule has 1 N–H and O–H groups in total. The molecule has 0 radical (unpaired) electrons. The maximum Gasteiger partial charge on any atom is 0.407 e. The highest BCUT2D eigenvalue weighted by Gasteiger charge is 2.31. The number of rotatable bonds is 9. The number of ether oxygens (including phenoxy) is 1. The molecule has 0 saturated carbocycles. The van der Waals surface area contributed by atoms with Crippen LogP contribution in [-0.4, -0.2) is 48.0 Å². The summed E-state index contributed by atoms with van der Waals surface area (Å²) in [4.78, 5) is 39.8. The fourth-order valence-corrected chi connectivity index (χ4v) is 4.63. The standard InChI is InChI=1S/C25H28N2O5/c1-32-22-8-3-2-6-19(22)16-26(25(30)31)12-5-4-7-21(28)20-14-17-9-10-23(29)27-13-11-18(15-20)24(17)27/h2-3,6,8,14-15H,4-5,7,9-13,16H2,1H3,(H,30,31). The van der Waals surface area contributed by atoms with Gasteiger partial charge in [-0.05, 0) is 55.0 Å². The van der Waals surface area contributed by atoms with Gasteiger partial charge in [0.15, 0.2) is 5.78 Å². The highest BCUT2D eigenvalue weighted by Crippen LogP contribution is 2.37. The van der Waals surface area contributed by atoms with Gasteiger partial charge in [0.25, 0.3) is 0 Å². The van der Waals surface area contributed by atoms with Crippen molar-refractivity contribution < 1.29 is 24.2 Å². The summed E-state index contributed by atoms with van der Waals surface area (Å²) in [5.74, 6) is 0.909. The van der Waals surface area contributed by atoms with Crippen LogP contribution < -0.4 is 9.64 Å². The Balaban J connectivity index is 1.33. The normalized spacial score (nSPS) is 14.3. The lowest BCUT2D eigenvalue weighted by molar-refractivity contribution is -0.118. The summed E-state index contributed by atoms with van der Waals surface area (Å²) < 4.78 is 5.31. The molecule has 2 aliphatic heterocycles. The molecule has 2 aliphatic rings. The van der Waals surface area contributed by atoms with Crippen LogP contribution in [0.4, 0.5) is 10.5 Å². The number of hydrogen-bond donors (Lipinski definition) is 1. The number of carbonyl (C=O) groups is 3. The molecule has 0 fully saturated rings. The van der Waals surface area contributed by atoms with Crippen molar-refractivity contribution >= 4 is 23.5 Å². The van der Waals surface area contributed by atoms with Gasteiger partial charge in [-0.25, -0.2) is 4.79 Å². The van der Waals surface area contributed by atoms with Crippen LogP contribution in [0.5, 0.6) is 5.75 Å². The first-order chi connectivity index (χ1) is 15.5. The van der Waals surface area contributed by atoms with Crippen molar-refractivity contribution in [2.75, 3.05) is 25.1 Å². The van der Waals surface area contributed by atoms with Gasteiger partial charge in [0.05, 0.1) is 19.3 Å². The van der Waals surface area contributed by atoms with Gasteiger partial charge in [0, 0.05) is 37.1 Å². The molecule has 4 rings (SSSR count). The third kappa shape index (κ3) is 4.47. The minimum Gasteiger partial charge on any atom is -0.496 e. The molecule has 0 atom stereocenters. The second kappa shape index (κ2) is 9.42. The number of methoxy groups -OCH3 is 1. The maximum atomic E-state index is 12.8. The Hall–Kier alpha value is -3.35. The van der Waals surface area contributed by atoms with E-state index in [1.165, 1.54) is 4.90 Å². The number of amides is 2. The number of ketones is 1. The van der Waals surface area contributed by atoms with Crippen molar-refractivity contribution in [3.63, 3.8) is 0 Å². The van der Waals surface area contributed by atoms with Gasteiger partial charge in [0.1, 0.15) is 5.75 Å². The van der Waals surface area contributed by atoms with E-state index in [4.69, 9.17) is 4.74 Å². The molecular weight excluding hydrogens is 408 g/mol. The van der Waals surface area contributed by atoms with Gasteiger partial charge in [-0.1, -0.05) is 18.2 Å². The number of aryl methyl sites for hydroxylation is 1. The van der Waals surface area contributed by atoms with E-state index in [1.807, 2.05) is 41.3 Å². The number of nitrogens with zero attached hydrogens (tertiary/aromatic N) is 2. The molecule has 2 aromatic rings. The lowest BCUT2D eigenvalue weighted by Crippen LogP contribution is -2.32. The van der Waals surface area contributed by atoms with E-state index in [0.29, 0.717) is 56.5 Å². The molecule has 2 amide bonds. The van der Waals surface area contributed by atoms with Crippen molar-refractivity contribution in [3.05, 3.63) is 58.7 Å². The van der Waals surface area contributed by atoms with Crippen molar-refractivity contribution in [1.82, 2.24) is 4.90 Å². The molecule has 32 heavy (non-hydrogen) atoms. The van der Waals surface area contributed by atoms with Crippen molar-refractivity contribution in [2.45, 2.75) is 45.1 Å². The molecule has 168 valence electrons. The highest BCUT2D eigenvalue weighted by atomic mass is 16.5. The largest absolute Gasteiger partial charge is 0.496 e. The Morgan fingerprint density at radius 1 is 1.09 bits per heavy atom. The lowest BCUT2D eigenvalue weighted by Gasteiger charge is -2.25. The third-order valence-corrected chi connectivity index (χ3v) is 6.28. The number of anilines is 1. The molecule has 2 aromatic carbocycles. The van der Waals surface area contributed by atoms with Crippen molar-refractivity contribution in [3.8, 4) is 5.75 Å². The van der Waals surface area contributed by atoms with Crippen molar-refractivity contribution in [1.29, 1.82) is 0 Å². The van der Waals surface area contributed by atoms with Crippen LogP contribution in [0.1, 0.15) is 52.7 Å². The van der Waals surface area contributed by atoms with Gasteiger partial charge in [0.2, 0.25) is 5.91 Å². The minimum absolute atomic E-state index is 0.0750. The number of carbonyl (C=O) groups excluding carboxylic acids is 2. The van der Waals surface area contributed by atoms with Crippen LogP contribution in [0.2, 0.25) is 0 Å². The maximum absolute atomic E-state index is 12.8. The monoisotopic (exact) mass is 436 g/mol. The van der Waals surface area contributed by atoms with E-state index in [0.717, 1.165) is 28.8 Å². The Morgan fingerprint density at radius 2 is 1.84 bits per heavy atom. The molecule has 0 unspecified atom stereocenters. The number of hydrogen-bond acceptors (Lipinski definition) is 4. The van der Waals surface area contributed by atoms with Crippen LogP contribution >= 0.6 is 0 Å². The predicted octanol–water partition coefficient (Wildman–Crippen LogP) is 4.06. The van der Waals surface area contributed by atoms with E-state index in [9.17, 15) is 19.5 Å². The summed E-state index contributed by atoms with van der Waals surface area (Å²) in [6.45, 7) is 1.31. The SMILES string of the molecule is COc1ccccc1CN(CCCCC(=O)c1cc2c3c(c1)CCN3C(=O)CC2)C(=O)O. The fourth-order valence-electron chi connectivity index (χ4n) is 4.63. The average molecular weight is 437 g/mol. The van der Waals surface area contributed by atoms with E-state index < -0.39 is 6.09 Å². The smallest absolute Gasteiger partial charge is 0.407 e. The van der Waals surface area contributed by atoms with Gasteiger partial charge in [-0.15, -0.1) is 0 Å². The van der Waals surface area contributed by atoms with Crippen LogP contribution in [0.3, 0.4) is 0 Å². The average Bonchev–Trinajstić information content (AvgIpc) is 3.23. The lowest BCUT2D eigenvalue weighted by atomic mass is 9.94. The zero-order valence-corrected chi connectivity index (χ0v) is 18.3. The summed E-state index contributed by atoms with van der Waals surface area (Å²) in [6.07, 6.45) is 2.60. The Morgan fingerprint density at radius 3 is 2.59 bits per heavy atom. The summed E-state index contributed by atoms with van der Waals surface area (Å²) >= 11 is 0. The van der Waals surface area contributed by atoms with Crippen molar-refractivity contribution in [2.24, 2.45) is 0 Å².